The third-order valence-corrected chi connectivity index (χ3v) is 4.18. The van der Waals surface area contributed by atoms with Crippen molar-refractivity contribution in [2.24, 2.45) is 0 Å². The molecule has 6 heteroatoms. The molecule has 0 bridgehead atoms. The molecule has 26 heavy (non-hydrogen) atoms. The third-order valence-electron chi connectivity index (χ3n) is 3.62. The summed E-state index contributed by atoms with van der Waals surface area (Å²) in [6.45, 7) is 7.93. The molecule has 1 amide bonds. The fourth-order valence-corrected chi connectivity index (χ4v) is 2.86. The van der Waals surface area contributed by atoms with Gasteiger partial charge in [-0.05, 0) is 46.1 Å². The molecule has 1 aromatic carbocycles. The lowest BCUT2D eigenvalue weighted by atomic mass is 10.0. The number of nitrogens with zero attached hydrogens (tertiary/aromatic N) is 1. The molecule has 0 radical (unpaired) electrons. The number of benzene rings is 1. The molecule has 1 atom stereocenters. The van der Waals surface area contributed by atoms with Crippen molar-refractivity contribution in [3.63, 3.8) is 0 Å². The Morgan fingerprint density at radius 1 is 1.15 bits per heavy atom. The van der Waals surface area contributed by atoms with Gasteiger partial charge in [0.05, 0.1) is 6.61 Å². The summed E-state index contributed by atoms with van der Waals surface area (Å²) in [5, 5.41) is 0.845. The van der Waals surface area contributed by atoms with Crippen molar-refractivity contribution in [1.82, 2.24) is 4.90 Å². The molecule has 0 heterocycles. The lowest BCUT2D eigenvalue weighted by molar-refractivity contribution is -0.149. The van der Waals surface area contributed by atoms with Crippen LogP contribution in [0.3, 0.4) is 0 Å². The average molecular weight is 428 g/mol. The largest absolute Gasteiger partial charge is 0.464 e. The molecule has 0 aliphatic heterocycles. The molecule has 1 rings (SSSR count). The van der Waals surface area contributed by atoms with E-state index in [0.717, 1.165) is 23.7 Å². The topological polar surface area (TPSA) is 55.8 Å². The Bertz CT molecular complexity index is 557. The maximum Gasteiger partial charge on any atom is 0.411 e. The number of amides is 1. The van der Waals surface area contributed by atoms with Gasteiger partial charge in [-0.3, -0.25) is 4.90 Å². The monoisotopic (exact) mass is 427 g/mol. The van der Waals surface area contributed by atoms with Gasteiger partial charge < -0.3 is 9.47 Å². The van der Waals surface area contributed by atoms with Crippen molar-refractivity contribution in [1.29, 1.82) is 0 Å². The first-order valence-electron chi connectivity index (χ1n) is 9.04. The molecular weight excluding hydrogens is 398 g/mol. The minimum absolute atomic E-state index is 0.272. The highest BCUT2D eigenvalue weighted by Crippen LogP contribution is 2.17. The summed E-state index contributed by atoms with van der Waals surface area (Å²) in [6, 6.07) is 8.93. The number of hydrogen-bond acceptors (Lipinski definition) is 4. The van der Waals surface area contributed by atoms with Crippen LogP contribution in [-0.4, -0.2) is 47.1 Å². The van der Waals surface area contributed by atoms with Gasteiger partial charge in [0.25, 0.3) is 0 Å². The Morgan fingerprint density at radius 3 is 2.35 bits per heavy atom. The molecule has 0 aliphatic carbocycles. The number of esters is 1. The molecule has 0 N–H and O–H groups in total. The molecule has 1 aromatic rings. The maximum absolute atomic E-state index is 12.8. The minimum Gasteiger partial charge on any atom is -0.464 e. The van der Waals surface area contributed by atoms with Crippen LogP contribution in [0, 0.1) is 0 Å². The fraction of sp³-hybridized carbons (Fsp3) is 0.600. The van der Waals surface area contributed by atoms with Gasteiger partial charge in [-0.25, -0.2) is 9.59 Å². The molecule has 0 fully saturated rings. The van der Waals surface area contributed by atoms with Crippen LogP contribution in [0.15, 0.2) is 30.3 Å². The van der Waals surface area contributed by atoms with Gasteiger partial charge in [0.1, 0.15) is 11.6 Å². The molecule has 0 spiro atoms. The Labute approximate surface area is 165 Å². The quantitative estimate of drug-likeness (QED) is 0.328. The summed E-state index contributed by atoms with van der Waals surface area (Å²) in [5.41, 5.74) is 0.344. The highest BCUT2D eigenvalue weighted by molar-refractivity contribution is 9.09. The summed E-state index contributed by atoms with van der Waals surface area (Å²) in [6.07, 6.45) is 1.59. The Hall–Kier alpha value is -1.56. The molecule has 0 saturated carbocycles. The van der Waals surface area contributed by atoms with E-state index in [1.165, 1.54) is 4.90 Å². The molecule has 146 valence electrons. The molecule has 0 unspecified atom stereocenters. The number of alkyl halides is 1. The highest BCUT2D eigenvalue weighted by Gasteiger charge is 2.33. The smallest absolute Gasteiger partial charge is 0.411 e. The van der Waals surface area contributed by atoms with Crippen LogP contribution >= 0.6 is 15.9 Å². The van der Waals surface area contributed by atoms with Crippen molar-refractivity contribution in [3.8, 4) is 0 Å². The second kappa shape index (κ2) is 11.2. The van der Waals surface area contributed by atoms with Crippen molar-refractivity contribution in [3.05, 3.63) is 35.9 Å². The SMILES string of the molecule is CCOC(=O)[C@H](Cc1ccccc1)N(CCCCBr)C(=O)OC(C)(C)C. The van der Waals surface area contributed by atoms with Crippen LogP contribution in [0.4, 0.5) is 4.79 Å². The second-order valence-electron chi connectivity index (χ2n) is 7.03. The van der Waals surface area contributed by atoms with Crippen LogP contribution in [0.2, 0.25) is 0 Å². The second-order valence-corrected chi connectivity index (χ2v) is 7.82. The predicted octanol–water partition coefficient (Wildman–Crippen LogP) is 4.57. The normalized spacial score (nSPS) is 12.3. The number of carbonyl (C=O) groups is 2. The van der Waals surface area contributed by atoms with E-state index in [1.807, 2.05) is 51.1 Å². The van der Waals surface area contributed by atoms with Gasteiger partial charge in [-0.1, -0.05) is 46.3 Å². The Morgan fingerprint density at radius 2 is 1.81 bits per heavy atom. The zero-order valence-corrected chi connectivity index (χ0v) is 17.8. The van der Waals surface area contributed by atoms with E-state index >= 15 is 0 Å². The van der Waals surface area contributed by atoms with Crippen molar-refractivity contribution < 1.29 is 19.1 Å². The zero-order chi connectivity index (χ0) is 19.6. The first-order valence-corrected chi connectivity index (χ1v) is 10.2. The molecular formula is C20H30BrNO4. The lowest BCUT2D eigenvalue weighted by Crippen LogP contribution is -2.49. The lowest BCUT2D eigenvalue weighted by Gasteiger charge is -2.32. The number of carbonyl (C=O) groups excluding carboxylic acids is 2. The van der Waals surface area contributed by atoms with Crippen molar-refractivity contribution in [2.45, 2.75) is 58.6 Å². The molecule has 0 saturated heterocycles. The van der Waals surface area contributed by atoms with Gasteiger partial charge in [0.15, 0.2) is 0 Å². The van der Waals surface area contributed by atoms with Gasteiger partial charge in [-0.15, -0.1) is 0 Å². The first kappa shape index (κ1) is 22.5. The van der Waals surface area contributed by atoms with E-state index in [9.17, 15) is 9.59 Å². The number of ether oxygens (including phenoxy) is 2. The predicted molar refractivity (Wildman–Crippen MR) is 107 cm³/mol. The Balaban J connectivity index is 3.07. The third kappa shape index (κ3) is 8.21. The number of rotatable bonds is 9. The van der Waals surface area contributed by atoms with E-state index < -0.39 is 23.7 Å². The van der Waals surface area contributed by atoms with E-state index in [2.05, 4.69) is 15.9 Å². The van der Waals surface area contributed by atoms with Crippen molar-refractivity contribution >= 4 is 28.0 Å². The van der Waals surface area contributed by atoms with Crippen LogP contribution in [0.1, 0.15) is 46.1 Å². The molecule has 0 aromatic heterocycles. The highest BCUT2D eigenvalue weighted by atomic mass is 79.9. The summed E-state index contributed by atoms with van der Waals surface area (Å²) in [5.74, 6) is -0.402. The van der Waals surface area contributed by atoms with Crippen LogP contribution < -0.4 is 0 Å². The van der Waals surface area contributed by atoms with E-state index in [1.54, 1.807) is 6.92 Å². The van der Waals surface area contributed by atoms with Gasteiger partial charge in [0, 0.05) is 18.3 Å². The summed E-state index contributed by atoms with van der Waals surface area (Å²) < 4.78 is 10.8. The first-order chi connectivity index (χ1) is 12.3. The average Bonchev–Trinajstić information content (AvgIpc) is 2.56. The van der Waals surface area contributed by atoms with E-state index in [-0.39, 0.29) is 6.61 Å². The number of halogens is 1. The van der Waals surface area contributed by atoms with E-state index in [0.29, 0.717) is 13.0 Å². The van der Waals surface area contributed by atoms with E-state index in [4.69, 9.17) is 9.47 Å². The molecule has 5 nitrogen and oxygen atoms in total. The summed E-state index contributed by atoms with van der Waals surface area (Å²) in [7, 11) is 0. The number of hydrogen-bond donors (Lipinski definition) is 0. The fourth-order valence-electron chi connectivity index (χ4n) is 2.47. The van der Waals surface area contributed by atoms with Crippen molar-refractivity contribution in [2.75, 3.05) is 18.5 Å². The summed E-state index contributed by atoms with van der Waals surface area (Å²) >= 11 is 3.40. The van der Waals surface area contributed by atoms with Gasteiger partial charge >= 0.3 is 12.1 Å². The maximum atomic E-state index is 12.8. The standard InChI is InChI=1S/C20H30BrNO4/c1-5-25-18(23)17(15-16-11-7-6-8-12-16)22(14-10-9-13-21)19(24)26-20(2,3)4/h6-8,11-12,17H,5,9-10,13-15H2,1-4H3/t17-/m0/s1. The van der Waals surface area contributed by atoms with Crippen LogP contribution in [-0.2, 0) is 20.7 Å². The van der Waals surface area contributed by atoms with Crippen LogP contribution in [0.25, 0.3) is 0 Å². The summed E-state index contributed by atoms with van der Waals surface area (Å²) in [4.78, 5) is 26.9. The minimum atomic E-state index is -0.706. The Kier molecular flexibility index (Phi) is 9.70. The zero-order valence-electron chi connectivity index (χ0n) is 16.2. The van der Waals surface area contributed by atoms with Gasteiger partial charge in [0.2, 0.25) is 0 Å². The van der Waals surface area contributed by atoms with Crippen LogP contribution in [0.5, 0.6) is 0 Å². The van der Waals surface area contributed by atoms with Gasteiger partial charge in [-0.2, -0.15) is 0 Å². The number of unbranched alkanes of at least 4 members (excludes halogenated alkanes) is 1. The molecule has 0 aliphatic rings.